The first-order chi connectivity index (χ1) is 9.17. The summed E-state index contributed by atoms with van der Waals surface area (Å²) in [6, 6.07) is 9.58. The summed E-state index contributed by atoms with van der Waals surface area (Å²) in [7, 11) is 1.40. The summed E-state index contributed by atoms with van der Waals surface area (Å²) in [4.78, 5) is 14.7. The molecule has 107 valence electrons. The Labute approximate surface area is 115 Å². The first kappa shape index (κ1) is 17.6. The predicted octanol–water partition coefficient (Wildman–Crippen LogP) is 3.50. The maximum Gasteiger partial charge on any atom is 0.312 e. The highest BCUT2D eigenvalue weighted by Gasteiger charge is 2.14. The molecule has 0 saturated heterocycles. The highest BCUT2D eigenvalue weighted by Crippen LogP contribution is 2.15. The molecule has 1 unspecified atom stereocenters. The summed E-state index contributed by atoms with van der Waals surface area (Å²) in [5.74, 6) is -0.364. The molecule has 19 heavy (non-hydrogen) atoms. The zero-order chi connectivity index (χ0) is 14.5. The van der Waals surface area contributed by atoms with Crippen LogP contribution in [0.4, 0.5) is 0 Å². The minimum absolute atomic E-state index is 0.170. The van der Waals surface area contributed by atoms with Crippen LogP contribution in [0.1, 0.15) is 44.6 Å². The molecule has 0 aliphatic rings. The third-order valence-corrected chi connectivity index (χ3v) is 2.69. The van der Waals surface area contributed by atoms with Crippen molar-refractivity contribution in [3.63, 3.8) is 0 Å². The van der Waals surface area contributed by atoms with E-state index in [4.69, 9.17) is 0 Å². The van der Waals surface area contributed by atoms with Crippen LogP contribution in [0.5, 0.6) is 0 Å². The fourth-order valence-electron chi connectivity index (χ4n) is 1.47. The maximum atomic E-state index is 11.1. The lowest BCUT2D eigenvalue weighted by molar-refractivity contribution is -0.303. The number of hydrogen-bond donors (Lipinski definition) is 0. The second kappa shape index (κ2) is 11.7. The highest BCUT2D eigenvalue weighted by atomic mass is 17.1. The second-order valence-corrected chi connectivity index (χ2v) is 4.18. The smallest absolute Gasteiger partial charge is 0.312 e. The molecule has 0 spiro atoms. The number of methoxy groups -OCH3 is 1. The van der Waals surface area contributed by atoms with Crippen molar-refractivity contribution in [2.24, 2.45) is 0 Å². The van der Waals surface area contributed by atoms with Gasteiger partial charge in [-0.1, -0.05) is 50.1 Å². The van der Waals surface area contributed by atoms with Crippen molar-refractivity contribution in [2.45, 2.75) is 39.0 Å². The van der Waals surface area contributed by atoms with E-state index in [0.29, 0.717) is 6.61 Å². The van der Waals surface area contributed by atoms with Crippen LogP contribution >= 0.6 is 0 Å². The molecular weight excluding hydrogens is 244 g/mol. The Morgan fingerprint density at radius 2 is 1.84 bits per heavy atom. The molecule has 0 bridgehead atoms. The average Bonchev–Trinajstić information content (AvgIpc) is 2.48. The number of carbonyl (C=O) groups excluding carboxylic acids is 1. The monoisotopic (exact) mass is 267 g/mol. The molecule has 1 atom stereocenters. The standard InChI is InChI=1S/C10H12O2.C5H11O2/c1-8(10(11)12-2)9-6-4-3-5-7-9;1-2-3-4-5-7-6/h3-8H,1-2H3;2-5H2,1H3. The van der Waals surface area contributed by atoms with Crippen molar-refractivity contribution in [3.05, 3.63) is 35.9 Å². The van der Waals surface area contributed by atoms with E-state index in [9.17, 15) is 10.1 Å². The van der Waals surface area contributed by atoms with Crippen molar-refractivity contribution in [3.8, 4) is 0 Å². The molecule has 1 radical (unpaired) electrons. The van der Waals surface area contributed by atoms with E-state index < -0.39 is 0 Å². The summed E-state index contributed by atoms with van der Waals surface area (Å²) in [5.41, 5.74) is 0.990. The average molecular weight is 267 g/mol. The van der Waals surface area contributed by atoms with Crippen molar-refractivity contribution >= 4 is 5.97 Å². The van der Waals surface area contributed by atoms with Gasteiger partial charge in [0, 0.05) is 0 Å². The van der Waals surface area contributed by atoms with Gasteiger partial charge in [0.05, 0.1) is 19.6 Å². The first-order valence-electron chi connectivity index (χ1n) is 6.54. The Kier molecular flexibility index (Phi) is 10.8. The molecule has 0 fully saturated rings. The van der Waals surface area contributed by atoms with E-state index >= 15 is 0 Å². The second-order valence-electron chi connectivity index (χ2n) is 4.18. The number of benzene rings is 1. The Bertz CT molecular complexity index is 320. The van der Waals surface area contributed by atoms with Gasteiger partial charge in [0.2, 0.25) is 0 Å². The Morgan fingerprint density at radius 1 is 1.21 bits per heavy atom. The van der Waals surface area contributed by atoms with Gasteiger partial charge in [-0.2, -0.15) is 0 Å². The third kappa shape index (κ3) is 8.35. The summed E-state index contributed by atoms with van der Waals surface area (Å²) in [6.45, 7) is 4.29. The number of ether oxygens (including phenoxy) is 1. The van der Waals surface area contributed by atoms with Crippen molar-refractivity contribution in [2.75, 3.05) is 13.7 Å². The minimum atomic E-state index is -0.193. The van der Waals surface area contributed by atoms with Gasteiger partial charge in [-0.3, -0.25) is 4.79 Å². The van der Waals surface area contributed by atoms with Gasteiger partial charge in [-0.05, 0) is 24.2 Å². The highest BCUT2D eigenvalue weighted by molar-refractivity contribution is 5.77. The molecule has 1 aromatic rings. The van der Waals surface area contributed by atoms with Crippen LogP contribution in [0.2, 0.25) is 0 Å². The molecule has 0 saturated carbocycles. The number of hydrogen-bond acceptors (Lipinski definition) is 3. The van der Waals surface area contributed by atoms with E-state index in [1.54, 1.807) is 0 Å². The summed E-state index contributed by atoms with van der Waals surface area (Å²) in [5, 5.41) is 9.30. The lowest BCUT2D eigenvalue weighted by Gasteiger charge is -2.08. The van der Waals surface area contributed by atoms with Crippen molar-refractivity contribution in [1.82, 2.24) is 0 Å². The quantitative estimate of drug-likeness (QED) is 0.343. The van der Waals surface area contributed by atoms with Gasteiger partial charge in [-0.15, -0.1) is 0 Å². The Morgan fingerprint density at radius 3 is 2.32 bits per heavy atom. The van der Waals surface area contributed by atoms with Crippen LogP contribution in [0.3, 0.4) is 0 Å². The zero-order valence-corrected chi connectivity index (χ0v) is 11.9. The third-order valence-electron chi connectivity index (χ3n) is 2.69. The van der Waals surface area contributed by atoms with E-state index in [-0.39, 0.29) is 11.9 Å². The Hall–Kier alpha value is -1.39. The van der Waals surface area contributed by atoms with Crippen molar-refractivity contribution in [1.29, 1.82) is 0 Å². The van der Waals surface area contributed by atoms with E-state index in [2.05, 4.69) is 16.5 Å². The molecule has 0 aliphatic carbocycles. The SMILES string of the molecule is CCCCCO[O].COC(=O)C(C)c1ccccc1. The minimum Gasteiger partial charge on any atom is -0.469 e. The van der Waals surface area contributed by atoms with Gasteiger partial charge in [0.25, 0.3) is 0 Å². The lowest BCUT2D eigenvalue weighted by atomic mass is 10.0. The van der Waals surface area contributed by atoms with Crippen LogP contribution in [-0.4, -0.2) is 19.7 Å². The molecule has 1 aromatic carbocycles. The van der Waals surface area contributed by atoms with Gasteiger partial charge < -0.3 is 4.74 Å². The zero-order valence-electron chi connectivity index (χ0n) is 11.9. The molecule has 0 N–H and O–H groups in total. The van der Waals surface area contributed by atoms with E-state index in [0.717, 1.165) is 24.8 Å². The van der Waals surface area contributed by atoms with Gasteiger partial charge in [0.15, 0.2) is 0 Å². The number of unbranched alkanes of at least 4 members (excludes halogenated alkanes) is 2. The largest absolute Gasteiger partial charge is 0.469 e. The van der Waals surface area contributed by atoms with Gasteiger partial charge in [0.1, 0.15) is 0 Å². The first-order valence-corrected chi connectivity index (χ1v) is 6.54. The summed E-state index contributed by atoms with van der Waals surface area (Å²) >= 11 is 0. The van der Waals surface area contributed by atoms with Crippen LogP contribution < -0.4 is 0 Å². The molecule has 1 rings (SSSR count). The predicted molar refractivity (Wildman–Crippen MR) is 73.0 cm³/mol. The summed E-state index contributed by atoms with van der Waals surface area (Å²) in [6.07, 6.45) is 3.14. The fourth-order valence-corrected chi connectivity index (χ4v) is 1.47. The molecular formula is C15H23O4. The Balaban J connectivity index is 0.000000399. The fraction of sp³-hybridized carbons (Fsp3) is 0.533. The normalized spacial score (nSPS) is 11.2. The molecule has 0 heterocycles. The number of rotatable bonds is 6. The van der Waals surface area contributed by atoms with Crippen LogP contribution in [0, 0.1) is 0 Å². The number of esters is 1. The van der Waals surface area contributed by atoms with E-state index in [1.165, 1.54) is 7.11 Å². The number of carbonyl (C=O) groups is 1. The van der Waals surface area contributed by atoms with Crippen LogP contribution in [-0.2, 0) is 19.7 Å². The molecule has 0 amide bonds. The topological polar surface area (TPSA) is 55.4 Å². The molecule has 0 aliphatic heterocycles. The molecule has 4 heteroatoms. The van der Waals surface area contributed by atoms with Gasteiger partial charge in [-0.25, -0.2) is 4.89 Å². The van der Waals surface area contributed by atoms with Crippen LogP contribution in [0.15, 0.2) is 30.3 Å². The van der Waals surface area contributed by atoms with E-state index in [1.807, 2.05) is 37.3 Å². The molecule has 0 aromatic heterocycles. The van der Waals surface area contributed by atoms with Crippen LogP contribution in [0.25, 0.3) is 0 Å². The maximum absolute atomic E-state index is 11.1. The summed E-state index contributed by atoms with van der Waals surface area (Å²) < 4.78 is 4.63. The van der Waals surface area contributed by atoms with Gasteiger partial charge >= 0.3 is 5.97 Å². The van der Waals surface area contributed by atoms with Crippen molar-refractivity contribution < 1.29 is 19.7 Å². The molecule has 4 nitrogen and oxygen atoms in total. The lowest BCUT2D eigenvalue weighted by Crippen LogP contribution is -2.10.